The van der Waals surface area contributed by atoms with Crippen LogP contribution in [0.1, 0.15) is 240 Å². The number of halogens is 2. The zero-order valence-electron chi connectivity index (χ0n) is 64.5. The number of hydrogen-bond donors (Lipinski definition) is 5. The Morgan fingerprint density at radius 2 is 0.814 bits per heavy atom. The number of nitrogens with zero attached hydrogens (tertiary/aromatic N) is 3. The summed E-state index contributed by atoms with van der Waals surface area (Å²) in [5.41, 5.74) is 3.36. The van der Waals surface area contributed by atoms with E-state index in [4.69, 9.17) is 45.8 Å². The number of aromatic amines is 3. The fourth-order valence-corrected chi connectivity index (χ4v) is 13.1. The van der Waals surface area contributed by atoms with E-state index in [0.717, 1.165) is 130 Å². The number of H-pyrrole nitrogens is 3. The van der Waals surface area contributed by atoms with E-state index in [2.05, 4.69) is 96.1 Å². The van der Waals surface area contributed by atoms with E-state index in [0.29, 0.717) is 93.8 Å². The number of allylic oxidation sites excluding steroid dienone is 2. The van der Waals surface area contributed by atoms with E-state index in [1.54, 1.807) is 0 Å². The summed E-state index contributed by atoms with van der Waals surface area (Å²) < 4.78 is 76.7. The molecule has 5 N–H and O–H groups in total. The van der Waals surface area contributed by atoms with Crippen molar-refractivity contribution in [1.82, 2.24) is 40.5 Å². The Morgan fingerprint density at radius 3 is 1.19 bits per heavy atom. The molecule has 0 aromatic carbocycles. The summed E-state index contributed by atoms with van der Waals surface area (Å²) >= 11 is 0. The van der Waals surface area contributed by atoms with Crippen molar-refractivity contribution in [2.24, 2.45) is 17.8 Å². The lowest BCUT2D eigenvalue weighted by Crippen LogP contribution is -2.31. The van der Waals surface area contributed by atoms with Gasteiger partial charge in [0.15, 0.2) is 46.0 Å². The first-order valence-corrected chi connectivity index (χ1v) is 38.8. The highest BCUT2D eigenvalue weighted by atomic mass is 19.1. The van der Waals surface area contributed by atoms with Gasteiger partial charge >= 0.3 is 46.2 Å². The lowest BCUT2D eigenvalue weighted by Gasteiger charge is -2.28. The number of rotatable bonds is 29. The van der Waals surface area contributed by atoms with Gasteiger partial charge in [-0.1, -0.05) is 162 Å². The van der Waals surface area contributed by atoms with Crippen LogP contribution in [-0.4, -0.2) is 63.4 Å². The molecule has 8 aromatic rings. The number of ether oxygens (including phenoxy) is 5. The van der Waals surface area contributed by atoms with Gasteiger partial charge < -0.3 is 56.4 Å². The topological polar surface area (TPSA) is 359 Å². The first-order valence-electron chi connectivity index (χ1n) is 38.8. The van der Waals surface area contributed by atoms with Crippen molar-refractivity contribution >= 4 is 33.3 Å². The van der Waals surface area contributed by atoms with Gasteiger partial charge in [0.2, 0.25) is 17.1 Å². The number of nitrogens with one attached hydrogen (secondary N) is 5. The SMILES string of the molecule is C.C=C1Cc2oc(=O)cc(CCC)c2C(OCF)N1.C=C1Cc2oc(=O)cc(CCCCCC)c2C(OCF)N1.CCC#CCOc1nc2oc(=O)cc(CCC3CCC3)c2c(=O)[nH]1.CCC#CCOc1nc2oc(=O)cc(CCCC3CC3)c2c(=O)[nH]1.CCCC#CCOc1nc2oc(=O)cc(CCCC3CC3)c2c(=O)[nH]1. The lowest BCUT2D eigenvalue weighted by molar-refractivity contribution is -0.0242. The Labute approximate surface area is 653 Å². The Morgan fingerprint density at radius 1 is 0.434 bits per heavy atom. The molecule has 0 saturated heterocycles. The van der Waals surface area contributed by atoms with Crippen molar-refractivity contribution in [3.8, 4) is 53.6 Å². The molecule has 0 bridgehead atoms. The largest absolute Gasteiger partial charge is 0.451 e. The molecule has 3 saturated carbocycles. The van der Waals surface area contributed by atoms with E-state index in [1.807, 2.05) is 27.7 Å². The van der Waals surface area contributed by atoms with Gasteiger partial charge in [0.25, 0.3) is 16.7 Å². The minimum absolute atomic E-state index is 0. The normalized spacial score (nSPS) is 15.0. The third-order valence-electron chi connectivity index (χ3n) is 19.1. The van der Waals surface area contributed by atoms with Gasteiger partial charge in [-0.05, 0) is 110 Å². The van der Waals surface area contributed by atoms with Crippen LogP contribution in [0.4, 0.5) is 8.78 Å². The standard InChI is InChI=1S/C19H22N2O4.2C18H20N2O4.C16H22FNO3.C13H16FNO3.CH4/c1-2-3-4-5-11-24-19-20-17(23)16-14(8-6-7-13-9-10-13)12-15(22)25-18(16)21-19;1-2-3-4-10-23-18-19-16(22)15-13(7-5-6-12-8-9-12)11-14(21)24-17(15)20-18;1-2-3-4-10-23-18-19-16(22)15-13(9-8-12-6-5-7-12)11-14(21)24-17(15)20-18;1-3-4-5-6-7-12-9-14(19)21-13-8-11(2)18-16(15(12)13)20-10-17;1-3-4-9-6-11(16)18-10-5-8(2)15-13(12(9)10)17-7-14;/h12-13H,2-3,6-11H2,1H3,(H,20,21,23);2*11-12H,2,5-10H2,1H3,(H,19,20,22);9,16,18H,2-8,10H2,1H3;6,13,15H,2-5,7H2,1H3;1H4. The van der Waals surface area contributed by atoms with Crippen molar-refractivity contribution in [2.45, 2.75) is 234 Å². The summed E-state index contributed by atoms with van der Waals surface area (Å²) in [6, 6.07) is 7.16. The summed E-state index contributed by atoms with van der Waals surface area (Å²) in [4.78, 5) is 116. The minimum Gasteiger partial charge on any atom is -0.451 e. The van der Waals surface area contributed by atoms with Gasteiger partial charge in [-0.2, -0.15) is 15.0 Å². The number of hydrogen-bond acceptors (Lipinski definition) is 23. The first-order chi connectivity index (χ1) is 54.3. The van der Waals surface area contributed by atoms with Crippen LogP contribution in [0.3, 0.4) is 0 Å². The maximum absolute atomic E-state index is 12.6. The molecule has 0 spiro atoms. The zero-order chi connectivity index (χ0) is 79.9. The highest BCUT2D eigenvalue weighted by Crippen LogP contribution is 2.37. The molecule has 26 nitrogen and oxygen atoms in total. The molecule has 8 aromatic heterocycles. The van der Waals surface area contributed by atoms with Crippen molar-refractivity contribution in [2.75, 3.05) is 33.5 Å². The molecule has 2 aliphatic heterocycles. The molecule has 3 aliphatic carbocycles. The summed E-state index contributed by atoms with van der Waals surface area (Å²) in [5, 5.41) is 6.99. The van der Waals surface area contributed by atoms with Gasteiger partial charge in [0, 0.05) is 85.0 Å². The van der Waals surface area contributed by atoms with E-state index in [-0.39, 0.29) is 90.3 Å². The van der Waals surface area contributed by atoms with Crippen LogP contribution in [-0.2, 0) is 54.4 Å². The Bertz CT molecular complexity index is 5260. The summed E-state index contributed by atoms with van der Waals surface area (Å²) in [7, 11) is 0. The van der Waals surface area contributed by atoms with Crippen LogP contribution in [0.15, 0.2) is 115 Å². The van der Waals surface area contributed by atoms with Gasteiger partial charge in [0.1, 0.15) is 27.7 Å². The maximum atomic E-state index is 12.6. The monoisotopic (exact) mass is 1560 g/mol. The molecule has 13 rings (SSSR count). The lowest BCUT2D eigenvalue weighted by atomic mass is 9.81. The number of aromatic nitrogens is 6. The molecule has 3 fully saturated rings. The van der Waals surface area contributed by atoms with E-state index in [9.17, 15) is 47.1 Å². The average Bonchev–Trinajstić information content (AvgIpc) is 1.48. The quantitative estimate of drug-likeness (QED) is 0.0215. The molecule has 0 amide bonds. The van der Waals surface area contributed by atoms with Crippen molar-refractivity contribution < 1.29 is 54.6 Å². The molecule has 5 aliphatic rings. The van der Waals surface area contributed by atoms with E-state index in [1.165, 1.54) is 81.7 Å². The fourth-order valence-electron chi connectivity index (χ4n) is 13.1. The highest BCUT2D eigenvalue weighted by Gasteiger charge is 2.30. The Balaban J connectivity index is 0.000000177. The van der Waals surface area contributed by atoms with Crippen LogP contribution in [0.2, 0.25) is 0 Å². The summed E-state index contributed by atoms with van der Waals surface area (Å²) in [5.74, 6) is 20.5. The maximum Gasteiger partial charge on any atom is 0.337 e. The number of alkyl halides is 2. The van der Waals surface area contributed by atoms with Gasteiger partial charge in [-0.15, -0.1) is 11.8 Å². The zero-order valence-corrected chi connectivity index (χ0v) is 64.5. The molecular formula is C85H104F2N8O18. The predicted octanol–water partition coefficient (Wildman–Crippen LogP) is 13.8. The Hall–Kier alpha value is -10.9. The smallest absolute Gasteiger partial charge is 0.337 e. The number of unbranched alkanes of at least 4 members (excludes halogenated alkanes) is 4. The molecule has 2 unspecified atom stereocenters. The van der Waals surface area contributed by atoms with Gasteiger partial charge in [-0.25, -0.2) is 32.8 Å². The second-order valence-electron chi connectivity index (χ2n) is 27.9. The average molecular weight is 1560 g/mol. The number of aryl methyl sites for hydroxylation is 5. The van der Waals surface area contributed by atoms with Crippen LogP contribution in [0.5, 0.6) is 18.0 Å². The van der Waals surface area contributed by atoms with E-state index < -0.39 is 43.1 Å². The fraction of sp³-hybridized carbons (Fsp3) is 0.518. The van der Waals surface area contributed by atoms with Crippen LogP contribution in [0.25, 0.3) is 33.3 Å². The molecule has 0 radical (unpaired) electrons. The molecule has 28 heteroatoms. The van der Waals surface area contributed by atoms with Crippen molar-refractivity contribution in [3.05, 3.63) is 189 Å². The van der Waals surface area contributed by atoms with Crippen LogP contribution in [0, 0.1) is 53.3 Å². The van der Waals surface area contributed by atoms with Crippen LogP contribution >= 0.6 is 0 Å². The summed E-state index contributed by atoms with van der Waals surface area (Å²) in [6.07, 6.45) is 25.7. The predicted molar refractivity (Wildman–Crippen MR) is 425 cm³/mol. The second-order valence-corrected chi connectivity index (χ2v) is 27.9. The number of fused-ring (bicyclic) bond motifs is 5. The van der Waals surface area contributed by atoms with Crippen LogP contribution < -0.4 is 69.6 Å². The first kappa shape index (κ1) is 87.7. The molecule has 113 heavy (non-hydrogen) atoms. The molecule has 2 atom stereocenters. The highest BCUT2D eigenvalue weighted by molar-refractivity contribution is 5.77. The van der Waals surface area contributed by atoms with E-state index >= 15 is 0 Å². The van der Waals surface area contributed by atoms with Crippen molar-refractivity contribution in [1.29, 1.82) is 0 Å². The minimum atomic E-state index is -0.908. The van der Waals surface area contributed by atoms with Gasteiger partial charge in [-0.3, -0.25) is 29.3 Å². The molecule has 606 valence electrons. The Kier molecular flexibility index (Phi) is 34.9. The van der Waals surface area contributed by atoms with Gasteiger partial charge in [0.05, 0.1) is 0 Å². The third kappa shape index (κ3) is 26.9. The third-order valence-corrected chi connectivity index (χ3v) is 19.1. The molecular weight excluding hydrogens is 1460 g/mol. The second kappa shape index (κ2) is 45.0. The van der Waals surface area contributed by atoms with Crippen molar-refractivity contribution in [3.63, 3.8) is 0 Å². The molecule has 10 heterocycles. The summed E-state index contributed by atoms with van der Waals surface area (Å²) in [6.45, 7) is 16.2.